The van der Waals surface area contributed by atoms with Crippen molar-refractivity contribution in [3.8, 4) is 0 Å². The normalized spacial score (nSPS) is 11.9. The van der Waals surface area contributed by atoms with Gasteiger partial charge < -0.3 is 15.2 Å². The van der Waals surface area contributed by atoms with Gasteiger partial charge in [-0.2, -0.15) is 0 Å². The molecule has 0 radical (unpaired) electrons. The molecule has 3 aromatic rings. The Labute approximate surface area is 152 Å². The molecule has 2 N–H and O–H groups in total. The van der Waals surface area contributed by atoms with Crippen LogP contribution in [-0.2, 0) is 13.5 Å². The maximum Gasteiger partial charge on any atom is 0.319 e. The van der Waals surface area contributed by atoms with E-state index >= 15 is 0 Å². The minimum Gasteiger partial charge on any atom is -0.335 e. The van der Waals surface area contributed by atoms with Gasteiger partial charge >= 0.3 is 6.03 Å². The van der Waals surface area contributed by atoms with Gasteiger partial charge in [0.05, 0.1) is 5.69 Å². The van der Waals surface area contributed by atoms with Crippen molar-refractivity contribution in [2.75, 3.05) is 5.32 Å². The number of aromatic nitrogens is 1. The van der Waals surface area contributed by atoms with Crippen molar-refractivity contribution in [2.45, 2.75) is 25.8 Å². The summed E-state index contributed by atoms with van der Waals surface area (Å²) >= 11 is 0. The van der Waals surface area contributed by atoms with Crippen LogP contribution in [0.2, 0.25) is 0 Å². The Morgan fingerprint density at radius 1 is 1.04 bits per heavy atom. The Bertz CT molecular complexity index is 964. The van der Waals surface area contributed by atoms with Crippen LogP contribution in [0.25, 0.3) is 10.8 Å². The predicted molar refractivity (Wildman–Crippen MR) is 106 cm³/mol. The fourth-order valence-corrected chi connectivity index (χ4v) is 3.00. The molecular formula is C21H23N3O2. The number of hydrogen-bond donors (Lipinski definition) is 2. The van der Waals surface area contributed by atoms with Gasteiger partial charge in [0.2, 0.25) is 0 Å². The molecule has 134 valence electrons. The molecule has 0 fully saturated rings. The Morgan fingerprint density at radius 3 is 2.42 bits per heavy atom. The van der Waals surface area contributed by atoms with E-state index in [2.05, 4.69) is 22.8 Å². The fourth-order valence-electron chi connectivity index (χ4n) is 3.00. The van der Waals surface area contributed by atoms with Crippen molar-refractivity contribution in [3.05, 3.63) is 76.7 Å². The molecule has 5 heteroatoms. The van der Waals surface area contributed by atoms with Gasteiger partial charge in [-0.25, -0.2) is 4.79 Å². The number of carbonyl (C=O) groups is 1. The van der Waals surface area contributed by atoms with Gasteiger partial charge in [0.1, 0.15) is 0 Å². The molecule has 0 aliphatic rings. The number of fused-ring (bicyclic) bond motifs is 1. The Balaban J connectivity index is 1.66. The first kappa shape index (κ1) is 17.7. The minimum absolute atomic E-state index is 0.0361. The molecule has 2 amide bonds. The van der Waals surface area contributed by atoms with Crippen molar-refractivity contribution in [1.82, 2.24) is 9.88 Å². The van der Waals surface area contributed by atoms with Crippen molar-refractivity contribution in [3.63, 3.8) is 0 Å². The van der Waals surface area contributed by atoms with Gasteiger partial charge in [0.25, 0.3) is 5.56 Å². The number of carbonyl (C=O) groups excluding carboxylic acids is 1. The van der Waals surface area contributed by atoms with E-state index in [4.69, 9.17) is 0 Å². The SMILES string of the molecule is CC(CCc1ccccc1)NC(=O)Nc1cn(C)c(=O)c2ccccc12. The molecule has 0 aliphatic carbocycles. The highest BCUT2D eigenvalue weighted by atomic mass is 16.2. The summed E-state index contributed by atoms with van der Waals surface area (Å²) < 4.78 is 1.48. The van der Waals surface area contributed by atoms with E-state index < -0.39 is 0 Å². The number of aryl methyl sites for hydroxylation is 2. The third-order valence-corrected chi connectivity index (χ3v) is 4.43. The Hall–Kier alpha value is -3.08. The second-order valence-corrected chi connectivity index (χ2v) is 6.53. The monoisotopic (exact) mass is 349 g/mol. The number of hydrogen-bond acceptors (Lipinski definition) is 2. The highest BCUT2D eigenvalue weighted by molar-refractivity contribution is 6.00. The molecule has 3 rings (SSSR count). The summed E-state index contributed by atoms with van der Waals surface area (Å²) in [6, 6.07) is 17.3. The van der Waals surface area contributed by atoms with Crippen molar-refractivity contribution in [1.29, 1.82) is 0 Å². The van der Waals surface area contributed by atoms with E-state index in [0.29, 0.717) is 11.1 Å². The molecule has 1 unspecified atom stereocenters. The molecule has 1 heterocycles. The second kappa shape index (κ2) is 7.87. The van der Waals surface area contributed by atoms with Crippen LogP contribution in [0.4, 0.5) is 10.5 Å². The number of nitrogens with one attached hydrogen (secondary N) is 2. The van der Waals surface area contributed by atoms with Crippen molar-refractivity contribution < 1.29 is 4.79 Å². The summed E-state index contributed by atoms with van der Waals surface area (Å²) in [5.41, 5.74) is 1.80. The van der Waals surface area contributed by atoms with Crippen LogP contribution in [0.1, 0.15) is 18.9 Å². The van der Waals surface area contributed by atoms with Gasteiger partial charge in [-0.1, -0.05) is 48.5 Å². The summed E-state index contributed by atoms with van der Waals surface area (Å²) in [7, 11) is 1.68. The molecule has 2 aromatic carbocycles. The first-order chi connectivity index (χ1) is 12.5. The zero-order chi connectivity index (χ0) is 18.5. The van der Waals surface area contributed by atoms with Crippen LogP contribution in [0.3, 0.4) is 0 Å². The standard InChI is InChI=1S/C21H23N3O2/c1-15(12-13-16-8-4-3-5-9-16)22-21(26)23-19-14-24(2)20(25)18-11-7-6-10-17(18)19/h3-11,14-15H,12-13H2,1-2H3,(H2,22,23,26). The van der Waals surface area contributed by atoms with Crippen LogP contribution in [0.15, 0.2) is 65.6 Å². The quantitative estimate of drug-likeness (QED) is 0.738. The molecule has 1 aromatic heterocycles. The molecule has 0 saturated heterocycles. The topological polar surface area (TPSA) is 63.1 Å². The van der Waals surface area contributed by atoms with Gasteiger partial charge in [0, 0.05) is 30.1 Å². The first-order valence-corrected chi connectivity index (χ1v) is 8.74. The summed E-state index contributed by atoms with van der Waals surface area (Å²) in [6.45, 7) is 1.99. The summed E-state index contributed by atoms with van der Waals surface area (Å²) in [4.78, 5) is 24.6. The van der Waals surface area contributed by atoms with Gasteiger partial charge in [-0.05, 0) is 31.4 Å². The van der Waals surface area contributed by atoms with Crippen molar-refractivity contribution in [2.24, 2.45) is 7.05 Å². The molecule has 0 spiro atoms. The van der Waals surface area contributed by atoms with Gasteiger partial charge in [-0.15, -0.1) is 0 Å². The lowest BCUT2D eigenvalue weighted by atomic mass is 10.1. The molecular weight excluding hydrogens is 326 g/mol. The Kier molecular flexibility index (Phi) is 5.37. The minimum atomic E-state index is -0.269. The highest BCUT2D eigenvalue weighted by Crippen LogP contribution is 2.19. The maximum absolute atomic E-state index is 12.4. The van der Waals surface area contributed by atoms with E-state index in [0.717, 1.165) is 18.2 Å². The largest absolute Gasteiger partial charge is 0.335 e. The number of rotatable bonds is 5. The van der Waals surface area contributed by atoms with E-state index in [1.165, 1.54) is 10.1 Å². The second-order valence-electron chi connectivity index (χ2n) is 6.53. The summed E-state index contributed by atoms with van der Waals surface area (Å²) in [6.07, 6.45) is 3.41. The molecule has 5 nitrogen and oxygen atoms in total. The molecule has 0 saturated carbocycles. The number of amides is 2. The van der Waals surface area contributed by atoms with Gasteiger partial charge in [0.15, 0.2) is 0 Å². The van der Waals surface area contributed by atoms with Crippen LogP contribution in [-0.4, -0.2) is 16.6 Å². The van der Waals surface area contributed by atoms with Crippen LogP contribution in [0, 0.1) is 0 Å². The molecule has 26 heavy (non-hydrogen) atoms. The third-order valence-electron chi connectivity index (χ3n) is 4.43. The molecule has 1 atom stereocenters. The average molecular weight is 349 g/mol. The van der Waals surface area contributed by atoms with Crippen LogP contribution < -0.4 is 16.2 Å². The van der Waals surface area contributed by atoms with E-state index in [-0.39, 0.29) is 17.6 Å². The average Bonchev–Trinajstić information content (AvgIpc) is 2.65. The van der Waals surface area contributed by atoms with Crippen molar-refractivity contribution >= 4 is 22.5 Å². The zero-order valence-electron chi connectivity index (χ0n) is 15.0. The maximum atomic E-state index is 12.4. The predicted octanol–water partition coefficient (Wildman–Crippen LogP) is 3.68. The number of nitrogens with zero attached hydrogens (tertiary/aromatic N) is 1. The Morgan fingerprint density at radius 2 is 1.69 bits per heavy atom. The zero-order valence-corrected chi connectivity index (χ0v) is 15.0. The molecule has 0 aliphatic heterocycles. The van der Waals surface area contributed by atoms with E-state index in [9.17, 15) is 9.59 Å². The number of pyridine rings is 1. The lowest BCUT2D eigenvalue weighted by molar-refractivity contribution is 0.248. The molecule has 0 bridgehead atoms. The summed E-state index contributed by atoms with van der Waals surface area (Å²) in [5, 5.41) is 7.16. The number of benzene rings is 2. The fraction of sp³-hybridized carbons (Fsp3) is 0.238. The van der Waals surface area contributed by atoms with Gasteiger partial charge in [-0.3, -0.25) is 4.79 Å². The van der Waals surface area contributed by atoms with Crippen LogP contribution >= 0.6 is 0 Å². The van der Waals surface area contributed by atoms with E-state index in [1.807, 2.05) is 43.3 Å². The number of urea groups is 1. The smallest absolute Gasteiger partial charge is 0.319 e. The summed E-state index contributed by atoms with van der Waals surface area (Å²) in [5.74, 6) is 0. The van der Waals surface area contributed by atoms with E-state index in [1.54, 1.807) is 19.3 Å². The highest BCUT2D eigenvalue weighted by Gasteiger charge is 2.11. The first-order valence-electron chi connectivity index (χ1n) is 8.74. The van der Waals surface area contributed by atoms with Crippen LogP contribution in [0.5, 0.6) is 0 Å². The lowest BCUT2D eigenvalue weighted by Gasteiger charge is -2.16. The lowest BCUT2D eigenvalue weighted by Crippen LogP contribution is -2.36. The third kappa shape index (κ3) is 4.11. The number of anilines is 1.